The van der Waals surface area contributed by atoms with Crippen LogP contribution >= 0.6 is 0 Å². The standard InChI is InChI=1S/C32H59N9O13/c1-14(2)11-20(32(53)54)37-27(48)19(9-7-8-10-33)36-29(50)26(18(6)45)41-31(52)25(17(5)44)39-22(47)13-35-28(49)23(15(3)42)40-30(51)24(16(4)43)38-21(46)12-34/h14-20,23-26,42-45H,7-13,33-34H2,1-6H3,(H,35,49)(H,36,50)(H,37,48)(H,38,46)(H,39,47)(H,40,51)(H,41,52)(H,53,54)/t15-,16-,17-,18-,19+,20+,23+,24+,25+,26+/m1/s1. The van der Waals surface area contributed by atoms with Crippen LogP contribution in [0.25, 0.3) is 0 Å². The zero-order chi connectivity index (χ0) is 41.9. The number of nitrogens with two attached hydrogens (primary N) is 2. The van der Waals surface area contributed by atoms with Crippen molar-refractivity contribution in [3.63, 3.8) is 0 Å². The molecule has 0 radical (unpaired) electrons. The number of nitrogens with one attached hydrogen (secondary N) is 7. The van der Waals surface area contributed by atoms with E-state index in [1.165, 1.54) is 6.92 Å². The molecule has 16 N–H and O–H groups in total. The van der Waals surface area contributed by atoms with Gasteiger partial charge in [0, 0.05) is 0 Å². The van der Waals surface area contributed by atoms with Crippen LogP contribution in [0.4, 0.5) is 0 Å². The summed E-state index contributed by atoms with van der Waals surface area (Å²) in [6, 6.07) is -9.27. The van der Waals surface area contributed by atoms with E-state index in [9.17, 15) is 63.9 Å². The summed E-state index contributed by atoms with van der Waals surface area (Å²) in [6.07, 6.45) is -5.19. The lowest BCUT2D eigenvalue weighted by atomic mass is 10.0. The maximum atomic E-state index is 13.3. The van der Waals surface area contributed by atoms with Crippen LogP contribution in [-0.4, -0.2) is 153 Å². The molecule has 0 unspecified atom stereocenters. The summed E-state index contributed by atoms with van der Waals surface area (Å²) in [5.74, 6) is -8.39. The maximum absolute atomic E-state index is 13.3. The second kappa shape index (κ2) is 24.8. The van der Waals surface area contributed by atoms with E-state index in [-0.39, 0.29) is 25.3 Å². The smallest absolute Gasteiger partial charge is 0.326 e. The SMILES string of the molecule is CC(C)C[C@H](NC(=O)[C@H](CCCCN)NC(=O)[C@@H](NC(=O)[C@@H](NC(=O)CNC(=O)[C@@H](NC(=O)[C@@H](NC(=O)CN)[C@@H](C)O)[C@@H](C)O)[C@@H](C)O)[C@@H](C)O)C(=O)O. The molecule has 0 aliphatic rings. The molecule has 22 nitrogen and oxygen atoms in total. The number of aliphatic carboxylic acids is 1. The van der Waals surface area contributed by atoms with Crippen LogP contribution in [0.15, 0.2) is 0 Å². The van der Waals surface area contributed by atoms with Gasteiger partial charge in [-0.1, -0.05) is 13.8 Å². The predicted molar refractivity (Wildman–Crippen MR) is 190 cm³/mol. The van der Waals surface area contributed by atoms with Crippen LogP contribution in [0.3, 0.4) is 0 Å². The van der Waals surface area contributed by atoms with Crippen LogP contribution < -0.4 is 48.7 Å². The van der Waals surface area contributed by atoms with E-state index in [0.717, 1.165) is 20.8 Å². The lowest BCUT2D eigenvalue weighted by molar-refractivity contribution is -0.143. The topological polar surface area (TPSA) is 374 Å². The highest BCUT2D eigenvalue weighted by molar-refractivity contribution is 5.97. The van der Waals surface area contributed by atoms with E-state index in [2.05, 4.69) is 37.2 Å². The van der Waals surface area contributed by atoms with E-state index in [0.29, 0.717) is 12.8 Å². The Morgan fingerprint density at radius 2 is 0.926 bits per heavy atom. The van der Waals surface area contributed by atoms with E-state index in [4.69, 9.17) is 11.5 Å². The average Bonchev–Trinajstić information content (AvgIpc) is 3.07. The Balaban J connectivity index is 5.77. The third-order valence-electron chi connectivity index (χ3n) is 7.80. The van der Waals surface area contributed by atoms with Crippen molar-refractivity contribution in [2.45, 2.75) is 128 Å². The molecule has 0 aliphatic carbocycles. The van der Waals surface area contributed by atoms with Gasteiger partial charge in [-0.15, -0.1) is 0 Å². The van der Waals surface area contributed by atoms with E-state index in [1.54, 1.807) is 13.8 Å². The first-order chi connectivity index (χ1) is 25.1. The minimum atomic E-state index is -1.76. The Kier molecular flexibility index (Phi) is 22.7. The van der Waals surface area contributed by atoms with Crippen LogP contribution in [-0.2, 0) is 38.4 Å². The van der Waals surface area contributed by atoms with Gasteiger partial charge in [0.2, 0.25) is 41.4 Å². The summed E-state index contributed by atoms with van der Waals surface area (Å²) in [4.78, 5) is 101. The molecule has 0 fully saturated rings. The second-order valence-electron chi connectivity index (χ2n) is 13.3. The number of unbranched alkanes of at least 4 members (excludes halogenated alkanes) is 1. The molecule has 0 bridgehead atoms. The number of carbonyl (C=O) groups excluding carboxylic acids is 7. The molecule has 0 aliphatic heterocycles. The number of carboxylic acids is 1. The lowest BCUT2D eigenvalue weighted by Crippen LogP contribution is -2.62. The zero-order valence-electron chi connectivity index (χ0n) is 31.5. The number of rotatable bonds is 25. The molecular weight excluding hydrogens is 718 g/mol. The predicted octanol–water partition coefficient (Wildman–Crippen LogP) is -6.25. The highest BCUT2D eigenvalue weighted by Gasteiger charge is 2.36. The van der Waals surface area contributed by atoms with Crippen molar-refractivity contribution < 1.29 is 63.9 Å². The van der Waals surface area contributed by atoms with Crippen molar-refractivity contribution >= 4 is 47.3 Å². The third kappa shape index (κ3) is 18.0. The van der Waals surface area contributed by atoms with Gasteiger partial charge in [0.05, 0.1) is 37.5 Å². The van der Waals surface area contributed by atoms with Crippen LogP contribution in [0.2, 0.25) is 0 Å². The molecule has 54 heavy (non-hydrogen) atoms. The Labute approximate surface area is 313 Å². The monoisotopic (exact) mass is 777 g/mol. The number of carbonyl (C=O) groups is 8. The fourth-order valence-corrected chi connectivity index (χ4v) is 4.83. The Morgan fingerprint density at radius 3 is 1.33 bits per heavy atom. The van der Waals surface area contributed by atoms with Crippen molar-refractivity contribution in [3.05, 3.63) is 0 Å². The molecule has 0 rings (SSSR count). The molecule has 0 saturated heterocycles. The summed E-state index contributed by atoms with van der Waals surface area (Å²) in [5.41, 5.74) is 10.8. The first-order valence-electron chi connectivity index (χ1n) is 17.5. The van der Waals surface area contributed by atoms with Gasteiger partial charge in [0.1, 0.15) is 36.3 Å². The molecule has 0 aromatic heterocycles. The van der Waals surface area contributed by atoms with Crippen molar-refractivity contribution in [2.75, 3.05) is 19.6 Å². The molecule has 0 heterocycles. The summed E-state index contributed by atoms with van der Waals surface area (Å²) >= 11 is 0. The first-order valence-corrected chi connectivity index (χ1v) is 17.5. The maximum Gasteiger partial charge on any atom is 0.326 e. The Bertz CT molecular complexity index is 1280. The fourth-order valence-electron chi connectivity index (χ4n) is 4.83. The lowest BCUT2D eigenvalue weighted by Gasteiger charge is -2.28. The summed E-state index contributed by atoms with van der Waals surface area (Å²) in [6.45, 7) is 7.02. The highest BCUT2D eigenvalue weighted by atomic mass is 16.4. The van der Waals surface area contributed by atoms with Crippen molar-refractivity contribution in [1.29, 1.82) is 0 Å². The molecule has 0 aromatic carbocycles. The summed E-state index contributed by atoms with van der Waals surface area (Å²) < 4.78 is 0. The van der Waals surface area contributed by atoms with Gasteiger partial charge in [-0.05, 0) is 65.8 Å². The minimum absolute atomic E-state index is 0.0347. The van der Waals surface area contributed by atoms with Gasteiger partial charge in [-0.2, -0.15) is 0 Å². The number of carboxylic acid groups (broad SMARTS) is 1. The molecular formula is C32H59N9O13. The van der Waals surface area contributed by atoms with Gasteiger partial charge in [0.15, 0.2) is 0 Å². The van der Waals surface area contributed by atoms with Crippen molar-refractivity contribution in [1.82, 2.24) is 37.2 Å². The zero-order valence-corrected chi connectivity index (χ0v) is 31.5. The van der Waals surface area contributed by atoms with Crippen LogP contribution in [0, 0.1) is 5.92 Å². The van der Waals surface area contributed by atoms with E-state index < -0.39 is 121 Å². The summed E-state index contributed by atoms with van der Waals surface area (Å²) in [5, 5.41) is 65.9. The largest absolute Gasteiger partial charge is 0.480 e. The van der Waals surface area contributed by atoms with Crippen molar-refractivity contribution in [3.8, 4) is 0 Å². The number of hydrogen-bond acceptors (Lipinski definition) is 14. The second-order valence-corrected chi connectivity index (χ2v) is 13.3. The molecule has 310 valence electrons. The minimum Gasteiger partial charge on any atom is -0.480 e. The molecule has 0 saturated carbocycles. The highest BCUT2D eigenvalue weighted by Crippen LogP contribution is 2.09. The Morgan fingerprint density at radius 1 is 0.519 bits per heavy atom. The van der Waals surface area contributed by atoms with Gasteiger partial charge in [-0.25, -0.2) is 4.79 Å². The van der Waals surface area contributed by atoms with Gasteiger partial charge < -0.3 is 74.2 Å². The summed E-state index contributed by atoms with van der Waals surface area (Å²) in [7, 11) is 0. The first kappa shape index (κ1) is 49.5. The van der Waals surface area contributed by atoms with Crippen molar-refractivity contribution in [2.24, 2.45) is 17.4 Å². The van der Waals surface area contributed by atoms with Gasteiger partial charge in [0.25, 0.3) is 0 Å². The van der Waals surface area contributed by atoms with E-state index >= 15 is 0 Å². The van der Waals surface area contributed by atoms with Gasteiger partial charge >= 0.3 is 5.97 Å². The number of hydrogen-bond donors (Lipinski definition) is 14. The van der Waals surface area contributed by atoms with Crippen LogP contribution in [0.1, 0.15) is 67.2 Å². The molecule has 10 atom stereocenters. The van der Waals surface area contributed by atoms with Gasteiger partial charge in [-0.3, -0.25) is 33.6 Å². The quantitative estimate of drug-likeness (QED) is 0.0384. The number of aliphatic hydroxyl groups is 4. The number of amides is 7. The fraction of sp³-hybridized carbons (Fsp3) is 0.750. The molecule has 7 amide bonds. The van der Waals surface area contributed by atoms with E-state index in [1.807, 2.05) is 0 Å². The third-order valence-corrected chi connectivity index (χ3v) is 7.80. The normalized spacial score (nSPS) is 16.8. The molecule has 0 spiro atoms. The van der Waals surface area contributed by atoms with Crippen LogP contribution in [0.5, 0.6) is 0 Å². The molecule has 0 aromatic rings. The Hall–Kier alpha value is -4.48. The number of aliphatic hydroxyl groups excluding tert-OH is 4. The average molecular weight is 778 g/mol. The molecule has 22 heteroatoms.